The molecule has 0 aromatic carbocycles. The summed E-state index contributed by atoms with van der Waals surface area (Å²) in [4.78, 5) is 16.1. The summed E-state index contributed by atoms with van der Waals surface area (Å²) in [5, 5.41) is 0. The van der Waals surface area contributed by atoms with E-state index in [0.29, 0.717) is 5.56 Å². The van der Waals surface area contributed by atoms with Crippen molar-refractivity contribution in [2.75, 3.05) is 0 Å². The van der Waals surface area contributed by atoms with Crippen LogP contribution in [0.15, 0.2) is 6.07 Å². The molecular weight excluding hydrogens is 200 g/mol. The Morgan fingerprint density at radius 3 is 2.62 bits per heavy atom. The Kier molecular flexibility index (Phi) is 2.49. The van der Waals surface area contributed by atoms with Gasteiger partial charge in [0.2, 0.25) is 0 Å². The first kappa shape index (κ1) is 11.1. The first-order valence-electron chi connectivity index (χ1n) is 5.72. The summed E-state index contributed by atoms with van der Waals surface area (Å²) in [6.07, 6.45) is 3.18. The minimum Gasteiger partial charge on any atom is -0.366 e. The monoisotopic (exact) mass is 218 g/mol. The molecule has 0 bridgehead atoms. The fraction of sp³-hybridized carbons (Fsp3) is 0.538. The maximum atomic E-state index is 11.5. The molecule has 2 rings (SSSR count). The Labute approximate surface area is 96.1 Å². The van der Waals surface area contributed by atoms with Gasteiger partial charge in [-0.15, -0.1) is 0 Å². The van der Waals surface area contributed by atoms with E-state index >= 15 is 0 Å². The maximum Gasteiger partial charge on any atom is 0.250 e. The number of aryl methyl sites for hydroxylation is 2. The minimum atomic E-state index is -0.368. The van der Waals surface area contributed by atoms with E-state index in [4.69, 9.17) is 5.73 Å². The van der Waals surface area contributed by atoms with Gasteiger partial charge in [0, 0.05) is 11.1 Å². The number of pyridine rings is 1. The van der Waals surface area contributed by atoms with E-state index in [1.54, 1.807) is 0 Å². The molecular formula is C13H18N2O. The number of rotatable bonds is 1. The van der Waals surface area contributed by atoms with Gasteiger partial charge in [-0.05, 0) is 30.9 Å². The topological polar surface area (TPSA) is 56.0 Å². The average Bonchev–Trinajstić information content (AvgIpc) is 2.60. The molecule has 16 heavy (non-hydrogen) atoms. The molecule has 2 N–H and O–H groups in total. The molecule has 86 valence electrons. The number of fused-ring (bicyclic) bond motifs is 1. The molecule has 1 aromatic heterocycles. The van der Waals surface area contributed by atoms with Gasteiger partial charge in [-0.25, -0.2) is 0 Å². The number of carbonyl (C=O) groups excluding carboxylic acids is 1. The highest BCUT2D eigenvalue weighted by molar-refractivity contribution is 5.94. The van der Waals surface area contributed by atoms with Gasteiger partial charge in [0.1, 0.15) is 0 Å². The molecule has 0 fully saturated rings. The average molecular weight is 218 g/mol. The SMILES string of the molecule is CC(C)(C)c1nc2c(cc1C(N)=O)CCC2. The maximum absolute atomic E-state index is 11.5. The second-order valence-electron chi connectivity index (χ2n) is 5.46. The molecule has 0 radical (unpaired) electrons. The van der Waals surface area contributed by atoms with Gasteiger partial charge in [-0.3, -0.25) is 9.78 Å². The summed E-state index contributed by atoms with van der Waals surface area (Å²) < 4.78 is 0. The molecule has 0 aliphatic heterocycles. The van der Waals surface area contributed by atoms with E-state index in [-0.39, 0.29) is 11.3 Å². The Morgan fingerprint density at radius 1 is 1.38 bits per heavy atom. The van der Waals surface area contributed by atoms with E-state index in [1.807, 2.05) is 6.07 Å². The fourth-order valence-corrected chi connectivity index (χ4v) is 2.23. The second kappa shape index (κ2) is 3.58. The first-order chi connectivity index (χ1) is 7.39. The molecule has 0 saturated heterocycles. The van der Waals surface area contributed by atoms with E-state index < -0.39 is 0 Å². The number of nitrogens with two attached hydrogens (primary N) is 1. The van der Waals surface area contributed by atoms with Gasteiger partial charge in [-0.2, -0.15) is 0 Å². The van der Waals surface area contributed by atoms with Gasteiger partial charge >= 0.3 is 0 Å². The molecule has 1 aliphatic carbocycles. The van der Waals surface area contributed by atoms with Gasteiger partial charge in [-0.1, -0.05) is 20.8 Å². The number of hydrogen-bond acceptors (Lipinski definition) is 2. The van der Waals surface area contributed by atoms with E-state index in [0.717, 1.165) is 30.7 Å². The van der Waals surface area contributed by atoms with E-state index in [9.17, 15) is 4.79 Å². The van der Waals surface area contributed by atoms with Crippen LogP contribution >= 0.6 is 0 Å². The number of carbonyl (C=O) groups is 1. The standard InChI is InChI=1S/C13H18N2O/c1-13(2,3)11-9(12(14)16)7-8-5-4-6-10(8)15-11/h7H,4-6H2,1-3H3,(H2,14,16). The first-order valence-corrected chi connectivity index (χ1v) is 5.72. The predicted octanol–water partition coefficient (Wildman–Crippen LogP) is 1.97. The van der Waals surface area contributed by atoms with Crippen molar-refractivity contribution in [1.29, 1.82) is 0 Å². The highest BCUT2D eigenvalue weighted by Gasteiger charge is 2.25. The fourth-order valence-electron chi connectivity index (χ4n) is 2.23. The van der Waals surface area contributed by atoms with Crippen LogP contribution < -0.4 is 5.73 Å². The summed E-state index contributed by atoms with van der Waals surface area (Å²) in [5.41, 5.74) is 9.06. The van der Waals surface area contributed by atoms with Crippen LogP contribution in [0.25, 0.3) is 0 Å². The smallest absolute Gasteiger partial charge is 0.250 e. The predicted molar refractivity (Wildman–Crippen MR) is 63.5 cm³/mol. The number of nitrogens with zero attached hydrogens (tertiary/aromatic N) is 1. The van der Waals surface area contributed by atoms with Crippen LogP contribution in [0.5, 0.6) is 0 Å². The van der Waals surface area contributed by atoms with Crippen LogP contribution in [0.3, 0.4) is 0 Å². The van der Waals surface area contributed by atoms with Crippen LogP contribution in [0.4, 0.5) is 0 Å². The molecule has 0 unspecified atom stereocenters. The van der Waals surface area contributed by atoms with Crippen molar-refractivity contribution in [3.05, 3.63) is 28.6 Å². The molecule has 1 heterocycles. The van der Waals surface area contributed by atoms with Crippen molar-refractivity contribution in [2.24, 2.45) is 5.73 Å². The van der Waals surface area contributed by atoms with Crippen molar-refractivity contribution >= 4 is 5.91 Å². The summed E-state index contributed by atoms with van der Waals surface area (Å²) in [7, 11) is 0. The van der Waals surface area contributed by atoms with Crippen LogP contribution in [-0.4, -0.2) is 10.9 Å². The zero-order valence-electron chi connectivity index (χ0n) is 10.1. The van der Waals surface area contributed by atoms with Crippen molar-refractivity contribution in [1.82, 2.24) is 4.98 Å². The molecule has 0 saturated carbocycles. The second-order valence-corrected chi connectivity index (χ2v) is 5.46. The third-order valence-corrected chi connectivity index (χ3v) is 3.03. The van der Waals surface area contributed by atoms with Gasteiger partial charge in [0.15, 0.2) is 0 Å². The Balaban J connectivity index is 2.62. The highest BCUT2D eigenvalue weighted by Crippen LogP contribution is 2.29. The minimum absolute atomic E-state index is 0.137. The third kappa shape index (κ3) is 1.82. The Hall–Kier alpha value is -1.38. The number of primary amides is 1. The van der Waals surface area contributed by atoms with E-state index in [1.165, 1.54) is 5.56 Å². The highest BCUT2D eigenvalue weighted by atomic mass is 16.1. The zero-order chi connectivity index (χ0) is 11.9. The van der Waals surface area contributed by atoms with Crippen molar-refractivity contribution in [3.63, 3.8) is 0 Å². The van der Waals surface area contributed by atoms with Gasteiger partial charge in [0.25, 0.3) is 5.91 Å². The molecule has 0 spiro atoms. The van der Waals surface area contributed by atoms with Crippen LogP contribution in [0, 0.1) is 0 Å². The lowest BCUT2D eigenvalue weighted by Crippen LogP contribution is -2.23. The number of amides is 1. The molecule has 1 amide bonds. The van der Waals surface area contributed by atoms with Crippen molar-refractivity contribution in [3.8, 4) is 0 Å². The molecule has 0 atom stereocenters. The molecule has 3 heteroatoms. The van der Waals surface area contributed by atoms with Gasteiger partial charge in [0.05, 0.1) is 11.3 Å². The van der Waals surface area contributed by atoms with Crippen LogP contribution in [0.2, 0.25) is 0 Å². The van der Waals surface area contributed by atoms with Crippen LogP contribution in [0.1, 0.15) is 54.5 Å². The number of aromatic nitrogens is 1. The largest absolute Gasteiger partial charge is 0.366 e. The molecule has 1 aliphatic rings. The van der Waals surface area contributed by atoms with E-state index in [2.05, 4.69) is 25.8 Å². The van der Waals surface area contributed by atoms with Crippen LogP contribution in [-0.2, 0) is 18.3 Å². The summed E-state index contributed by atoms with van der Waals surface area (Å²) >= 11 is 0. The van der Waals surface area contributed by atoms with Gasteiger partial charge < -0.3 is 5.73 Å². The lowest BCUT2D eigenvalue weighted by molar-refractivity contribution is 0.0997. The molecule has 1 aromatic rings. The summed E-state index contributed by atoms with van der Waals surface area (Å²) in [6.45, 7) is 6.18. The Bertz CT molecular complexity index is 444. The Morgan fingerprint density at radius 2 is 2.06 bits per heavy atom. The number of hydrogen-bond donors (Lipinski definition) is 1. The summed E-state index contributed by atoms with van der Waals surface area (Å²) in [6, 6.07) is 1.94. The quantitative estimate of drug-likeness (QED) is 0.783. The molecule has 3 nitrogen and oxygen atoms in total. The summed E-state index contributed by atoms with van der Waals surface area (Å²) in [5.74, 6) is -0.368. The van der Waals surface area contributed by atoms with Crippen molar-refractivity contribution < 1.29 is 4.79 Å². The van der Waals surface area contributed by atoms with Crippen molar-refractivity contribution in [2.45, 2.75) is 45.4 Å². The lowest BCUT2D eigenvalue weighted by atomic mass is 9.87. The lowest BCUT2D eigenvalue weighted by Gasteiger charge is -2.21. The third-order valence-electron chi connectivity index (χ3n) is 3.03. The normalized spacial score (nSPS) is 14.9. The zero-order valence-corrected chi connectivity index (χ0v) is 10.1.